The Morgan fingerprint density at radius 3 is 1.88 bits per heavy atom. The van der Waals surface area contributed by atoms with Crippen molar-refractivity contribution in [1.82, 2.24) is 9.96 Å². The van der Waals surface area contributed by atoms with Gasteiger partial charge in [0.2, 0.25) is 0 Å². The smallest absolute Gasteiger partial charge is 0.281 e. The van der Waals surface area contributed by atoms with Crippen molar-refractivity contribution in [3.05, 3.63) is 70.8 Å². The highest BCUT2D eigenvalue weighted by atomic mass is 16.5. The van der Waals surface area contributed by atoms with E-state index in [4.69, 9.17) is 10.8 Å². The lowest BCUT2D eigenvalue weighted by molar-refractivity contribution is -0.172. The Labute approximate surface area is 185 Å². The van der Waals surface area contributed by atoms with Gasteiger partial charge in [0.25, 0.3) is 17.7 Å². The van der Waals surface area contributed by atoms with E-state index in [1.54, 1.807) is 36.4 Å². The van der Waals surface area contributed by atoms with Crippen molar-refractivity contribution >= 4 is 17.7 Å². The van der Waals surface area contributed by atoms with Gasteiger partial charge < -0.3 is 20.8 Å². The fourth-order valence-corrected chi connectivity index (χ4v) is 2.86. The van der Waals surface area contributed by atoms with E-state index in [1.807, 2.05) is 0 Å². The molecule has 0 spiro atoms. The Kier molecular flexibility index (Phi) is 7.72. The van der Waals surface area contributed by atoms with Crippen LogP contribution in [-0.4, -0.2) is 69.3 Å². The van der Waals surface area contributed by atoms with Gasteiger partial charge in [-0.05, 0) is 48.9 Å². The lowest BCUT2D eigenvalue weighted by Crippen LogP contribution is -2.64. The first-order valence-electron chi connectivity index (χ1n) is 9.58. The number of rotatable bonds is 6. The number of aliphatic hydroxyl groups is 2. The number of hydrogen-bond acceptors (Lipinski definition) is 6. The molecule has 2 rings (SSSR count). The molecule has 3 amide bonds. The molecule has 0 aliphatic carbocycles. The van der Waals surface area contributed by atoms with Crippen molar-refractivity contribution in [2.45, 2.75) is 18.6 Å². The lowest BCUT2D eigenvalue weighted by atomic mass is 9.96. The molecular weight excluding hydrogens is 414 g/mol. The van der Waals surface area contributed by atoms with Gasteiger partial charge in [-0.25, -0.2) is 5.06 Å². The van der Waals surface area contributed by atoms with E-state index in [9.17, 15) is 24.7 Å². The van der Waals surface area contributed by atoms with Crippen LogP contribution in [0.1, 0.15) is 40.1 Å². The summed E-state index contributed by atoms with van der Waals surface area (Å²) in [5.74, 6) is 3.14. The van der Waals surface area contributed by atoms with Crippen LogP contribution in [0.5, 0.6) is 0 Å². The minimum atomic E-state index is -2.07. The summed E-state index contributed by atoms with van der Waals surface area (Å²) >= 11 is 0. The van der Waals surface area contributed by atoms with Gasteiger partial charge in [-0.2, -0.15) is 0 Å². The van der Waals surface area contributed by atoms with E-state index in [0.717, 1.165) is 18.9 Å². The first-order valence-corrected chi connectivity index (χ1v) is 9.58. The summed E-state index contributed by atoms with van der Waals surface area (Å²) < 4.78 is 0. The fourth-order valence-electron chi connectivity index (χ4n) is 2.86. The van der Waals surface area contributed by atoms with Crippen LogP contribution in [0, 0.1) is 11.8 Å². The molecule has 0 bridgehead atoms. The normalized spacial score (nSPS) is 13.2. The van der Waals surface area contributed by atoms with Crippen molar-refractivity contribution in [2.24, 2.45) is 5.73 Å². The van der Waals surface area contributed by atoms with Crippen LogP contribution in [-0.2, 0) is 9.59 Å². The topological polar surface area (TPSA) is 144 Å². The SMILES string of the molecule is CN(O)C(=O)[C@](C)(C(N)=O)N(C)C(=O)c1ccc(C#Cc2ccc([C@@H](O)CO)cc2)cc1. The zero-order valence-electron chi connectivity index (χ0n) is 17.9. The van der Waals surface area contributed by atoms with Crippen LogP contribution in [0.3, 0.4) is 0 Å². The van der Waals surface area contributed by atoms with E-state index < -0.39 is 29.4 Å². The van der Waals surface area contributed by atoms with Gasteiger partial charge in [-0.3, -0.25) is 19.6 Å². The molecule has 9 nitrogen and oxygen atoms in total. The third-order valence-electron chi connectivity index (χ3n) is 5.12. The molecule has 0 heterocycles. The second kappa shape index (κ2) is 10.1. The van der Waals surface area contributed by atoms with E-state index in [0.29, 0.717) is 16.7 Å². The Hall–Kier alpha value is -3.71. The maximum atomic E-state index is 12.8. The molecule has 2 atom stereocenters. The quantitative estimate of drug-likeness (QED) is 0.220. The van der Waals surface area contributed by atoms with Crippen molar-refractivity contribution in [2.75, 3.05) is 20.7 Å². The molecule has 2 aromatic carbocycles. The number of benzene rings is 2. The number of nitrogens with zero attached hydrogens (tertiary/aromatic N) is 2. The molecule has 168 valence electrons. The number of hydroxylamine groups is 2. The molecule has 0 aromatic heterocycles. The Bertz CT molecular complexity index is 1050. The monoisotopic (exact) mass is 439 g/mol. The van der Waals surface area contributed by atoms with Gasteiger partial charge in [0.1, 0.15) is 6.10 Å². The zero-order chi connectivity index (χ0) is 24.1. The van der Waals surface area contributed by atoms with Crippen LogP contribution >= 0.6 is 0 Å². The van der Waals surface area contributed by atoms with Crippen molar-refractivity contribution in [1.29, 1.82) is 0 Å². The van der Waals surface area contributed by atoms with Gasteiger partial charge in [0.05, 0.1) is 6.61 Å². The van der Waals surface area contributed by atoms with Crippen molar-refractivity contribution in [3.63, 3.8) is 0 Å². The summed E-state index contributed by atoms with van der Waals surface area (Å²) in [4.78, 5) is 37.9. The van der Waals surface area contributed by atoms with E-state index in [-0.39, 0.29) is 17.2 Å². The second-order valence-electron chi connectivity index (χ2n) is 7.28. The molecule has 0 aliphatic heterocycles. The van der Waals surface area contributed by atoms with Crippen LogP contribution in [0.25, 0.3) is 0 Å². The first-order chi connectivity index (χ1) is 15.0. The standard InChI is InChI=1S/C23H25N3O6/c1-23(21(24)30,22(31)26(3)32)25(2)20(29)18-12-8-16(9-13-18)5-4-15-6-10-17(11-7-15)19(28)14-27/h6-13,19,27-28,32H,14H2,1-3H3,(H2,24,30)/t19-,23-/m0/s1. The predicted octanol–water partition coefficient (Wildman–Crippen LogP) is 0.276. The molecule has 0 fully saturated rings. The van der Waals surface area contributed by atoms with E-state index in [1.165, 1.54) is 19.2 Å². The summed E-state index contributed by atoms with van der Waals surface area (Å²) in [6, 6.07) is 13.0. The lowest BCUT2D eigenvalue weighted by Gasteiger charge is -2.35. The van der Waals surface area contributed by atoms with Gasteiger partial charge in [-0.1, -0.05) is 24.0 Å². The minimum absolute atomic E-state index is 0.196. The third kappa shape index (κ3) is 5.12. The van der Waals surface area contributed by atoms with Crippen LogP contribution in [0.4, 0.5) is 0 Å². The molecule has 9 heteroatoms. The number of primary amides is 1. The number of aliphatic hydroxyl groups excluding tert-OH is 2. The number of amides is 3. The molecule has 0 unspecified atom stereocenters. The van der Waals surface area contributed by atoms with E-state index in [2.05, 4.69) is 11.8 Å². The molecule has 0 saturated carbocycles. The summed E-state index contributed by atoms with van der Waals surface area (Å²) in [5.41, 5.74) is 5.36. The average Bonchev–Trinajstić information content (AvgIpc) is 2.80. The Balaban J connectivity index is 2.20. The minimum Gasteiger partial charge on any atom is -0.393 e. The number of carbonyl (C=O) groups excluding carboxylic acids is 3. The van der Waals surface area contributed by atoms with Gasteiger partial charge in [0, 0.05) is 30.8 Å². The number of likely N-dealkylation sites (N-methyl/N-ethyl adjacent to an activating group) is 2. The zero-order valence-corrected chi connectivity index (χ0v) is 17.9. The molecule has 0 saturated heterocycles. The fraction of sp³-hybridized carbons (Fsp3) is 0.261. The molecule has 5 N–H and O–H groups in total. The molecule has 0 radical (unpaired) electrons. The van der Waals surface area contributed by atoms with E-state index >= 15 is 0 Å². The summed E-state index contributed by atoms with van der Waals surface area (Å²) in [6.45, 7) is 0.793. The predicted molar refractivity (Wildman–Crippen MR) is 115 cm³/mol. The number of nitrogens with two attached hydrogens (primary N) is 1. The van der Waals surface area contributed by atoms with Crippen LogP contribution in [0.2, 0.25) is 0 Å². The average molecular weight is 439 g/mol. The van der Waals surface area contributed by atoms with Crippen LogP contribution in [0.15, 0.2) is 48.5 Å². The summed E-state index contributed by atoms with van der Waals surface area (Å²) in [5, 5.41) is 28.2. The highest BCUT2D eigenvalue weighted by Crippen LogP contribution is 2.19. The molecule has 0 aliphatic rings. The van der Waals surface area contributed by atoms with Crippen molar-refractivity contribution < 1.29 is 29.8 Å². The molecule has 2 aromatic rings. The Morgan fingerprint density at radius 1 is 1.00 bits per heavy atom. The van der Waals surface area contributed by atoms with Gasteiger partial charge in [-0.15, -0.1) is 0 Å². The van der Waals surface area contributed by atoms with Crippen LogP contribution < -0.4 is 5.73 Å². The van der Waals surface area contributed by atoms with Crippen molar-refractivity contribution in [3.8, 4) is 11.8 Å². The molecular formula is C23H25N3O6. The summed E-state index contributed by atoms with van der Waals surface area (Å²) in [6.07, 6.45) is -0.940. The Morgan fingerprint density at radius 2 is 1.47 bits per heavy atom. The van der Waals surface area contributed by atoms with Gasteiger partial charge >= 0.3 is 0 Å². The highest BCUT2D eigenvalue weighted by Gasteiger charge is 2.47. The highest BCUT2D eigenvalue weighted by molar-refractivity contribution is 6.12. The largest absolute Gasteiger partial charge is 0.393 e. The maximum Gasteiger partial charge on any atom is 0.281 e. The second-order valence-corrected chi connectivity index (χ2v) is 7.28. The number of carbonyl (C=O) groups is 3. The first kappa shape index (κ1) is 24.6. The summed E-state index contributed by atoms with van der Waals surface area (Å²) in [7, 11) is 2.29. The van der Waals surface area contributed by atoms with Gasteiger partial charge in [0.15, 0.2) is 5.54 Å². The molecule has 32 heavy (non-hydrogen) atoms. The third-order valence-corrected chi connectivity index (χ3v) is 5.12. The maximum absolute atomic E-state index is 12.8. The number of hydrogen-bond donors (Lipinski definition) is 4.